The highest BCUT2D eigenvalue weighted by Crippen LogP contribution is 2.29. The van der Waals surface area contributed by atoms with Crippen LogP contribution in [0.4, 0.5) is 0 Å². The highest BCUT2D eigenvalue weighted by atomic mass is 32.2. The monoisotopic (exact) mass is 303 g/mol. The molecule has 116 valence electrons. The molecule has 0 bridgehead atoms. The number of esters is 1. The molecule has 6 heteroatoms. The van der Waals surface area contributed by atoms with Crippen molar-refractivity contribution in [1.82, 2.24) is 4.31 Å². The van der Waals surface area contributed by atoms with Gasteiger partial charge in [0.25, 0.3) is 0 Å². The van der Waals surface area contributed by atoms with E-state index in [1.807, 2.05) is 0 Å². The van der Waals surface area contributed by atoms with Gasteiger partial charge in [0.1, 0.15) is 0 Å². The van der Waals surface area contributed by atoms with E-state index in [1.54, 1.807) is 6.92 Å². The van der Waals surface area contributed by atoms with Gasteiger partial charge in [-0.3, -0.25) is 4.79 Å². The van der Waals surface area contributed by atoms with E-state index in [0.29, 0.717) is 19.7 Å². The summed E-state index contributed by atoms with van der Waals surface area (Å²) < 4.78 is 31.8. The number of ether oxygens (including phenoxy) is 1. The SMILES string of the molecule is CCOC(=O)[C@@H]1CCCN(S(=O)(=O)C2CCCCC2)C1. The van der Waals surface area contributed by atoms with E-state index >= 15 is 0 Å². The Kier molecular flexibility index (Phi) is 5.43. The van der Waals surface area contributed by atoms with Crippen LogP contribution in [0.5, 0.6) is 0 Å². The maximum absolute atomic E-state index is 12.6. The van der Waals surface area contributed by atoms with E-state index in [2.05, 4.69) is 0 Å². The summed E-state index contributed by atoms with van der Waals surface area (Å²) in [4.78, 5) is 11.8. The van der Waals surface area contributed by atoms with E-state index in [4.69, 9.17) is 4.74 Å². The molecule has 1 aliphatic carbocycles. The van der Waals surface area contributed by atoms with Gasteiger partial charge in [0.2, 0.25) is 10.0 Å². The zero-order valence-electron chi connectivity index (χ0n) is 12.2. The van der Waals surface area contributed by atoms with Gasteiger partial charge in [-0.1, -0.05) is 19.3 Å². The molecule has 20 heavy (non-hydrogen) atoms. The molecular weight excluding hydrogens is 278 g/mol. The fourth-order valence-electron chi connectivity index (χ4n) is 3.20. The number of hydrogen-bond donors (Lipinski definition) is 0. The Hall–Kier alpha value is -0.620. The first kappa shape index (κ1) is 15.8. The second-order valence-corrected chi connectivity index (χ2v) is 7.97. The second-order valence-electron chi connectivity index (χ2n) is 5.75. The molecular formula is C14H25NO4S. The molecule has 2 fully saturated rings. The molecule has 0 spiro atoms. The highest BCUT2D eigenvalue weighted by molar-refractivity contribution is 7.89. The van der Waals surface area contributed by atoms with E-state index in [0.717, 1.165) is 44.9 Å². The summed E-state index contributed by atoms with van der Waals surface area (Å²) in [5.41, 5.74) is 0. The molecule has 0 aromatic heterocycles. The first-order valence-electron chi connectivity index (χ1n) is 7.71. The number of hydrogen-bond acceptors (Lipinski definition) is 4. The molecule has 1 saturated heterocycles. The first-order chi connectivity index (χ1) is 9.55. The van der Waals surface area contributed by atoms with Crippen molar-refractivity contribution in [3.63, 3.8) is 0 Å². The molecule has 0 aromatic carbocycles. The number of sulfonamides is 1. The van der Waals surface area contributed by atoms with Crippen LogP contribution in [0.15, 0.2) is 0 Å². The molecule has 1 aliphatic heterocycles. The van der Waals surface area contributed by atoms with Crippen molar-refractivity contribution in [2.75, 3.05) is 19.7 Å². The summed E-state index contributed by atoms with van der Waals surface area (Å²) in [6.07, 6.45) is 6.15. The summed E-state index contributed by atoms with van der Waals surface area (Å²) in [7, 11) is -3.24. The lowest BCUT2D eigenvalue weighted by Gasteiger charge is -2.34. The Bertz CT molecular complexity index is 428. The average molecular weight is 303 g/mol. The van der Waals surface area contributed by atoms with Crippen LogP contribution in [-0.4, -0.2) is 43.6 Å². The van der Waals surface area contributed by atoms with Crippen LogP contribution in [0, 0.1) is 5.92 Å². The molecule has 0 N–H and O–H groups in total. The molecule has 1 heterocycles. The lowest BCUT2D eigenvalue weighted by molar-refractivity contribution is -0.149. The highest BCUT2D eigenvalue weighted by Gasteiger charge is 2.37. The van der Waals surface area contributed by atoms with Gasteiger partial charge in [-0.25, -0.2) is 12.7 Å². The third-order valence-corrected chi connectivity index (χ3v) is 6.70. The third kappa shape index (κ3) is 3.52. The number of carbonyl (C=O) groups is 1. The summed E-state index contributed by atoms with van der Waals surface area (Å²) in [6, 6.07) is 0. The predicted molar refractivity (Wildman–Crippen MR) is 76.7 cm³/mol. The first-order valence-corrected chi connectivity index (χ1v) is 9.21. The van der Waals surface area contributed by atoms with Crippen LogP contribution < -0.4 is 0 Å². The molecule has 0 radical (unpaired) electrons. The fourth-order valence-corrected chi connectivity index (χ4v) is 5.32. The Morgan fingerprint density at radius 2 is 1.85 bits per heavy atom. The molecule has 2 aliphatic rings. The maximum Gasteiger partial charge on any atom is 0.310 e. The third-order valence-electron chi connectivity index (χ3n) is 4.34. The van der Waals surface area contributed by atoms with Crippen molar-refractivity contribution in [2.24, 2.45) is 5.92 Å². The van der Waals surface area contributed by atoms with Crippen molar-refractivity contribution < 1.29 is 17.9 Å². The standard InChI is InChI=1S/C14H25NO4S/c1-2-19-14(16)12-7-6-10-15(11-12)20(17,18)13-8-4-3-5-9-13/h12-13H,2-11H2,1H3/t12-/m1/s1. The summed E-state index contributed by atoms with van der Waals surface area (Å²) in [5, 5.41) is -0.239. The van der Waals surface area contributed by atoms with Crippen LogP contribution in [0.25, 0.3) is 0 Å². The summed E-state index contributed by atoms with van der Waals surface area (Å²) in [6.45, 7) is 2.98. The molecule has 5 nitrogen and oxygen atoms in total. The fraction of sp³-hybridized carbons (Fsp3) is 0.929. The Morgan fingerprint density at radius 3 is 2.50 bits per heavy atom. The quantitative estimate of drug-likeness (QED) is 0.744. The Labute approximate surface area is 121 Å². The normalized spacial score (nSPS) is 26.4. The van der Waals surface area contributed by atoms with Crippen molar-refractivity contribution in [3.8, 4) is 0 Å². The molecule has 0 aromatic rings. The van der Waals surface area contributed by atoms with Crippen LogP contribution in [0.2, 0.25) is 0 Å². The molecule has 1 saturated carbocycles. The maximum atomic E-state index is 12.6. The van der Waals surface area contributed by atoms with Crippen LogP contribution in [0.1, 0.15) is 51.9 Å². The van der Waals surface area contributed by atoms with Crippen molar-refractivity contribution in [1.29, 1.82) is 0 Å². The van der Waals surface area contributed by atoms with Gasteiger partial charge in [-0.2, -0.15) is 0 Å². The van der Waals surface area contributed by atoms with E-state index < -0.39 is 10.0 Å². The van der Waals surface area contributed by atoms with Gasteiger partial charge in [-0.15, -0.1) is 0 Å². The second kappa shape index (κ2) is 6.89. The van der Waals surface area contributed by atoms with Crippen LogP contribution >= 0.6 is 0 Å². The van der Waals surface area contributed by atoms with Gasteiger partial charge in [0.05, 0.1) is 17.8 Å². The minimum atomic E-state index is -3.24. The Morgan fingerprint density at radius 1 is 1.15 bits per heavy atom. The van der Waals surface area contributed by atoms with Crippen molar-refractivity contribution in [2.45, 2.75) is 57.1 Å². The van der Waals surface area contributed by atoms with Gasteiger partial charge in [-0.05, 0) is 32.6 Å². The molecule has 1 atom stereocenters. The molecule has 2 rings (SSSR count). The van der Waals surface area contributed by atoms with Crippen LogP contribution in [-0.2, 0) is 19.6 Å². The zero-order chi connectivity index (χ0) is 14.6. The number of piperidine rings is 1. The van der Waals surface area contributed by atoms with E-state index in [-0.39, 0.29) is 17.1 Å². The van der Waals surface area contributed by atoms with Gasteiger partial charge < -0.3 is 4.74 Å². The molecule has 0 amide bonds. The van der Waals surface area contributed by atoms with E-state index in [9.17, 15) is 13.2 Å². The minimum absolute atomic E-state index is 0.239. The minimum Gasteiger partial charge on any atom is -0.466 e. The average Bonchev–Trinajstić information content (AvgIpc) is 2.48. The molecule has 0 unspecified atom stereocenters. The predicted octanol–water partition coefficient (Wildman–Crippen LogP) is 1.92. The van der Waals surface area contributed by atoms with Crippen molar-refractivity contribution >= 4 is 16.0 Å². The summed E-state index contributed by atoms with van der Waals surface area (Å²) >= 11 is 0. The van der Waals surface area contributed by atoms with Gasteiger partial charge in [0.15, 0.2) is 0 Å². The van der Waals surface area contributed by atoms with Crippen LogP contribution in [0.3, 0.4) is 0 Å². The Balaban J connectivity index is 2.01. The van der Waals surface area contributed by atoms with E-state index in [1.165, 1.54) is 4.31 Å². The number of carbonyl (C=O) groups excluding carboxylic acids is 1. The number of rotatable bonds is 4. The topological polar surface area (TPSA) is 63.7 Å². The van der Waals surface area contributed by atoms with Gasteiger partial charge >= 0.3 is 5.97 Å². The smallest absolute Gasteiger partial charge is 0.310 e. The van der Waals surface area contributed by atoms with Gasteiger partial charge in [0, 0.05) is 13.1 Å². The largest absolute Gasteiger partial charge is 0.466 e. The lowest BCUT2D eigenvalue weighted by Crippen LogP contribution is -2.46. The zero-order valence-corrected chi connectivity index (χ0v) is 13.0. The summed E-state index contributed by atoms with van der Waals surface area (Å²) in [5.74, 6) is -0.543. The lowest BCUT2D eigenvalue weighted by atomic mass is 10.00. The number of nitrogens with zero attached hydrogens (tertiary/aromatic N) is 1. The van der Waals surface area contributed by atoms with Crippen molar-refractivity contribution in [3.05, 3.63) is 0 Å².